The molecule has 1 aromatic carbocycles. The lowest BCUT2D eigenvalue weighted by atomic mass is 10.3. The van der Waals surface area contributed by atoms with Gasteiger partial charge in [0.05, 0.1) is 7.11 Å². The average Bonchev–Trinajstić information content (AvgIpc) is 3.08. The fraction of sp³-hybridized carbons (Fsp3) is 0.278. The van der Waals surface area contributed by atoms with Gasteiger partial charge in [0.25, 0.3) is 0 Å². The number of ether oxygens (including phenoxy) is 1. The van der Waals surface area contributed by atoms with Crippen molar-refractivity contribution in [2.24, 2.45) is 5.92 Å². The van der Waals surface area contributed by atoms with Crippen molar-refractivity contribution in [3.05, 3.63) is 54.0 Å². The Bertz CT molecular complexity index is 685. The molecule has 2 atom stereocenters. The van der Waals surface area contributed by atoms with E-state index in [1.54, 1.807) is 37.5 Å². The normalized spacial score (nSPS) is 20.1. The quantitative estimate of drug-likeness (QED) is 0.847. The number of methoxy groups -OCH3 is 1. The van der Waals surface area contributed by atoms with Gasteiger partial charge in [0.1, 0.15) is 17.3 Å². The number of nitrogens with one attached hydrogen (secondary N) is 1. The first-order chi connectivity index (χ1) is 10.7. The maximum absolute atomic E-state index is 11.9. The van der Waals surface area contributed by atoms with Crippen LogP contribution >= 0.6 is 0 Å². The lowest BCUT2D eigenvalue weighted by Crippen LogP contribution is -2.07. The van der Waals surface area contributed by atoms with Crippen LogP contribution in [0.3, 0.4) is 0 Å². The molecule has 114 valence electrons. The van der Waals surface area contributed by atoms with Gasteiger partial charge in [-0.05, 0) is 54.8 Å². The van der Waals surface area contributed by atoms with Crippen molar-refractivity contribution in [2.45, 2.75) is 19.3 Å². The Kier molecular flexibility index (Phi) is 4.00. The Morgan fingerprint density at radius 1 is 1.27 bits per heavy atom. The fourth-order valence-electron chi connectivity index (χ4n) is 2.39. The molecule has 4 nitrogen and oxygen atoms in total. The summed E-state index contributed by atoms with van der Waals surface area (Å²) >= 11 is 0. The number of hydrogen-bond donors (Lipinski definition) is 1. The van der Waals surface area contributed by atoms with Crippen molar-refractivity contribution in [1.29, 1.82) is 0 Å². The highest BCUT2D eigenvalue weighted by Crippen LogP contribution is 2.47. The molecule has 22 heavy (non-hydrogen) atoms. The molecule has 1 aliphatic rings. The molecule has 0 aliphatic heterocycles. The fourth-order valence-corrected chi connectivity index (χ4v) is 2.39. The molecule has 0 bridgehead atoms. The van der Waals surface area contributed by atoms with Crippen molar-refractivity contribution in [3.8, 4) is 5.75 Å². The monoisotopic (exact) mass is 297 g/mol. The molecule has 1 heterocycles. The van der Waals surface area contributed by atoms with Gasteiger partial charge in [0.2, 0.25) is 5.91 Å². The van der Waals surface area contributed by atoms with Crippen LogP contribution < -0.4 is 10.1 Å². The maximum atomic E-state index is 11.9. The standard InChI is InChI=1S/C18H19NO3/c1-12-11-16(12)17-9-7-15(22-17)8-10-18(20)19-13-3-5-14(21-2)6-4-13/h3-10,12,16H,11H2,1-2H3,(H,19,20)/b10-8+/t12-,16-/m1/s1. The number of carbonyl (C=O) groups is 1. The molecule has 1 aromatic heterocycles. The number of anilines is 1. The summed E-state index contributed by atoms with van der Waals surface area (Å²) in [4.78, 5) is 11.9. The Morgan fingerprint density at radius 2 is 2.00 bits per heavy atom. The predicted octanol–water partition coefficient (Wildman–Crippen LogP) is 4.06. The van der Waals surface area contributed by atoms with Gasteiger partial charge in [-0.2, -0.15) is 0 Å². The van der Waals surface area contributed by atoms with Gasteiger partial charge in [-0.25, -0.2) is 0 Å². The summed E-state index contributed by atoms with van der Waals surface area (Å²) in [5, 5.41) is 2.79. The number of hydrogen-bond acceptors (Lipinski definition) is 3. The van der Waals surface area contributed by atoms with Gasteiger partial charge in [-0.15, -0.1) is 0 Å². The summed E-state index contributed by atoms with van der Waals surface area (Å²) in [6.45, 7) is 2.21. The van der Waals surface area contributed by atoms with E-state index in [1.807, 2.05) is 12.1 Å². The number of amides is 1. The molecular formula is C18H19NO3. The van der Waals surface area contributed by atoms with E-state index in [2.05, 4.69) is 12.2 Å². The molecule has 0 radical (unpaired) electrons. The third-order valence-corrected chi connectivity index (χ3v) is 3.88. The summed E-state index contributed by atoms with van der Waals surface area (Å²) in [5.74, 6) is 3.55. The number of furan rings is 1. The zero-order chi connectivity index (χ0) is 15.5. The van der Waals surface area contributed by atoms with Gasteiger partial charge >= 0.3 is 0 Å². The first-order valence-corrected chi connectivity index (χ1v) is 7.38. The van der Waals surface area contributed by atoms with Crippen LogP contribution in [0.5, 0.6) is 5.75 Å². The summed E-state index contributed by atoms with van der Waals surface area (Å²) in [6.07, 6.45) is 4.35. The highest BCUT2D eigenvalue weighted by molar-refractivity contribution is 6.01. The first kappa shape index (κ1) is 14.4. The third-order valence-electron chi connectivity index (χ3n) is 3.88. The lowest BCUT2D eigenvalue weighted by Gasteiger charge is -2.03. The average molecular weight is 297 g/mol. The van der Waals surface area contributed by atoms with Gasteiger partial charge in [0, 0.05) is 17.7 Å². The van der Waals surface area contributed by atoms with E-state index in [9.17, 15) is 4.79 Å². The van der Waals surface area contributed by atoms with E-state index in [0.717, 1.165) is 17.2 Å². The third kappa shape index (κ3) is 3.39. The van der Waals surface area contributed by atoms with Crippen molar-refractivity contribution in [3.63, 3.8) is 0 Å². The zero-order valence-electron chi connectivity index (χ0n) is 12.7. The summed E-state index contributed by atoms with van der Waals surface area (Å²) < 4.78 is 10.8. The molecule has 1 fully saturated rings. The zero-order valence-corrected chi connectivity index (χ0v) is 12.7. The van der Waals surface area contributed by atoms with Crippen molar-refractivity contribution in [1.82, 2.24) is 0 Å². The van der Waals surface area contributed by atoms with Crippen LogP contribution in [0, 0.1) is 5.92 Å². The van der Waals surface area contributed by atoms with E-state index >= 15 is 0 Å². The van der Waals surface area contributed by atoms with Crippen LogP contribution in [0.25, 0.3) is 6.08 Å². The number of rotatable bonds is 5. The summed E-state index contributed by atoms with van der Waals surface area (Å²) in [7, 11) is 1.61. The van der Waals surface area contributed by atoms with Crippen LogP contribution in [0.2, 0.25) is 0 Å². The van der Waals surface area contributed by atoms with Crippen molar-refractivity contribution < 1.29 is 13.9 Å². The Labute approximate surface area is 129 Å². The van der Waals surface area contributed by atoms with Crippen LogP contribution in [0.15, 0.2) is 46.9 Å². The molecule has 1 aliphatic carbocycles. The molecule has 0 spiro atoms. The van der Waals surface area contributed by atoms with Crippen LogP contribution in [-0.2, 0) is 4.79 Å². The largest absolute Gasteiger partial charge is 0.497 e. The second kappa shape index (κ2) is 6.10. The second-order valence-corrected chi connectivity index (χ2v) is 5.61. The summed E-state index contributed by atoms with van der Waals surface area (Å²) in [6, 6.07) is 11.1. The van der Waals surface area contributed by atoms with E-state index in [1.165, 1.54) is 12.5 Å². The maximum Gasteiger partial charge on any atom is 0.248 e. The Balaban J connectivity index is 1.57. The number of benzene rings is 1. The topological polar surface area (TPSA) is 51.5 Å². The van der Waals surface area contributed by atoms with E-state index in [-0.39, 0.29) is 5.91 Å². The van der Waals surface area contributed by atoms with Gasteiger partial charge in [-0.1, -0.05) is 6.92 Å². The van der Waals surface area contributed by atoms with Crippen LogP contribution in [0.1, 0.15) is 30.8 Å². The lowest BCUT2D eigenvalue weighted by molar-refractivity contribution is -0.111. The highest BCUT2D eigenvalue weighted by atomic mass is 16.5. The Morgan fingerprint density at radius 3 is 2.64 bits per heavy atom. The highest BCUT2D eigenvalue weighted by Gasteiger charge is 2.36. The van der Waals surface area contributed by atoms with E-state index in [0.29, 0.717) is 17.6 Å². The van der Waals surface area contributed by atoms with Crippen LogP contribution in [0.4, 0.5) is 5.69 Å². The number of carbonyl (C=O) groups excluding carboxylic acids is 1. The minimum absolute atomic E-state index is 0.192. The van der Waals surface area contributed by atoms with Gasteiger partial charge in [-0.3, -0.25) is 4.79 Å². The molecular weight excluding hydrogens is 278 g/mol. The van der Waals surface area contributed by atoms with Crippen molar-refractivity contribution in [2.75, 3.05) is 12.4 Å². The van der Waals surface area contributed by atoms with E-state index < -0.39 is 0 Å². The minimum atomic E-state index is -0.192. The molecule has 0 saturated heterocycles. The molecule has 4 heteroatoms. The SMILES string of the molecule is COc1ccc(NC(=O)/C=C/c2ccc([C@@H]3C[C@H]3C)o2)cc1. The predicted molar refractivity (Wildman–Crippen MR) is 85.9 cm³/mol. The molecule has 3 rings (SSSR count). The second-order valence-electron chi connectivity index (χ2n) is 5.61. The van der Waals surface area contributed by atoms with Crippen molar-refractivity contribution >= 4 is 17.7 Å². The molecule has 1 saturated carbocycles. The van der Waals surface area contributed by atoms with E-state index in [4.69, 9.17) is 9.15 Å². The van der Waals surface area contributed by atoms with Gasteiger partial charge < -0.3 is 14.5 Å². The molecule has 1 amide bonds. The molecule has 2 aromatic rings. The van der Waals surface area contributed by atoms with Gasteiger partial charge in [0.15, 0.2) is 0 Å². The summed E-state index contributed by atoms with van der Waals surface area (Å²) in [5.41, 5.74) is 0.724. The van der Waals surface area contributed by atoms with Crippen LogP contribution in [-0.4, -0.2) is 13.0 Å². The first-order valence-electron chi connectivity index (χ1n) is 7.38. The Hall–Kier alpha value is -2.49. The molecule has 1 N–H and O–H groups in total. The smallest absolute Gasteiger partial charge is 0.248 e. The minimum Gasteiger partial charge on any atom is -0.497 e. The molecule has 0 unspecified atom stereocenters.